The number of fused-ring (bicyclic) bond motifs is 1. The topological polar surface area (TPSA) is 12.9 Å². The summed E-state index contributed by atoms with van der Waals surface area (Å²) in [4.78, 5) is 4.24. The first-order chi connectivity index (χ1) is 5.42. The molecule has 0 spiro atoms. The second-order valence-electron chi connectivity index (χ2n) is 2.34. The summed E-state index contributed by atoms with van der Waals surface area (Å²) in [5, 5.41) is 3.35. The van der Waals surface area contributed by atoms with Crippen LogP contribution >= 0.6 is 11.3 Å². The van der Waals surface area contributed by atoms with E-state index in [0.29, 0.717) is 0 Å². The molecule has 0 aromatic carbocycles. The minimum atomic E-state index is 0. The van der Waals surface area contributed by atoms with E-state index >= 15 is 0 Å². The van der Waals surface area contributed by atoms with Crippen LogP contribution in [0, 0.1) is 44.7 Å². The molecule has 0 fully saturated rings. The van der Waals surface area contributed by atoms with Crippen molar-refractivity contribution in [3.63, 3.8) is 0 Å². The van der Waals surface area contributed by atoms with Crippen LogP contribution in [-0.2, 0) is 26.5 Å². The van der Waals surface area contributed by atoms with Crippen molar-refractivity contribution in [1.29, 1.82) is 0 Å². The summed E-state index contributed by atoms with van der Waals surface area (Å²) < 4.78 is 1.30. The van der Waals surface area contributed by atoms with E-state index in [0.717, 1.165) is 12.1 Å². The number of nitrogens with zero attached hydrogens (tertiary/aromatic N) is 1. The molecule has 0 atom stereocenters. The molecular formula is C10H12ArIrNS-. The van der Waals surface area contributed by atoms with Gasteiger partial charge in [-0.05, 0) is 17.5 Å². The number of hydrogen-bond acceptors (Lipinski definition) is 2. The third-order valence-electron chi connectivity index (χ3n) is 1.70. The second kappa shape index (κ2) is 8.20. The summed E-state index contributed by atoms with van der Waals surface area (Å²) in [5.41, 5.74) is 1.10. The first-order valence-corrected chi connectivity index (χ1v) is 4.40. The molecule has 0 saturated heterocycles. The maximum atomic E-state index is 4.24. The number of thiophene rings is 1. The molecule has 0 amide bonds. The largest absolute Gasteiger partial charge is 0.338 e. The smallest absolute Gasteiger partial charge is 0.0375 e. The van der Waals surface area contributed by atoms with Gasteiger partial charge in [-0.25, -0.2) is 0 Å². The molecule has 81 valence electrons. The Morgan fingerprint density at radius 3 is 2.71 bits per heavy atom. The molecule has 2 aromatic rings. The van der Waals surface area contributed by atoms with Gasteiger partial charge in [0.05, 0.1) is 0 Å². The van der Waals surface area contributed by atoms with E-state index in [1.54, 1.807) is 11.3 Å². The van der Waals surface area contributed by atoms with Gasteiger partial charge in [0.25, 0.3) is 0 Å². The second-order valence-corrected chi connectivity index (χ2v) is 3.29. The van der Waals surface area contributed by atoms with Crippen molar-refractivity contribution in [2.45, 2.75) is 13.8 Å². The molecule has 0 unspecified atom stereocenters. The van der Waals surface area contributed by atoms with Crippen molar-refractivity contribution >= 4 is 21.4 Å². The number of pyridine rings is 1. The predicted molar refractivity (Wildman–Crippen MR) is 55.4 cm³/mol. The summed E-state index contributed by atoms with van der Waals surface area (Å²) in [6.45, 7) is 3.83. The summed E-state index contributed by atoms with van der Waals surface area (Å²) in [6, 6.07) is 4.15. The van der Waals surface area contributed by atoms with Gasteiger partial charge in [-0.15, -0.1) is 17.8 Å². The van der Waals surface area contributed by atoms with E-state index in [9.17, 15) is 0 Å². The van der Waals surface area contributed by atoms with Crippen molar-refractivity contribution in [2.75, 3.05) is 0 Å². The Bertz CT molecular complexity index is 375. The molecular weight excluding hydrogens is 398 g/mol. The van der Waals surface area contributed by atoms with Crippen LogP contribution in [0.5, 0.6) is 0 Å². The maximum Gasteiger partial charge on any atom is 0.0375 e. The third kappa shape index (κ3) is 3.55. The molecule has 0 aliphatic rings. The van der Waals surface area contributed by atoms with E-state index in [1.165, 1.54) is 10.1 Å². The third-order valence-corrected chi connectivity index (χ3v) is 2.58. The molecule has 4 heteroatoms. The molecule has 1 radical (unpaired) electrons. The quantitative estimate of drug-likeness (QED) is 0.658. The fourth-order valence-corrected chi connectivity index (χ4v) is 1.96. The molecule has 2 aromatic heterocycles. The molecule has 0 N–H and O–H groups in total. The first-order valence-electron chi connectivity index (χ1n) is 3.52. The predicted octanol–water partition coefficient (Wildman–Crippen LogP) is 3.31. The monoisotopic (exact) mass is 411 g/mol. The van der Waals surface area contributed by atoms with Gasteiger partial charge in [0.15, 0.2) is 0 Å². The van der Waals surface area contributed by atoms with Crippen LogP contribution in [0.15, 0.2) is 23.7 Å². The van der Waals surface area contributed by atoms with Gasteiger partial charge in [0.2, 0.25) is 0 Å². The Kier molecular flexibility index (Phi) is 10.2. The zero-order valence-corrected chi connectivity index (χ0v) is 10.7. The molecule has 2 rings (SSSR count). The minimum absolute atomic E-state index is 0. The van der Waals surface area contributed by atoms with Crippen LogP contribution in [0.4, 0.5) is 0 Å². The molecule has 14 heavy (non-hydrogen) atoms. The van der Waals surface area contributed by atoms with Crippen LogP contribution in [0.3, 0.4) is 0 Å². The summed E-state index contributed by atoms with van der Waals surface area (Å²) >= 11 is 1.75. The standard InChI is InChI=1S/C9H8NS.CH4.Ar.Ir/c1-2-8-7-4-6-11-9(7)3-5-10-8;;;/h3-6H,1-2H2;1H4;;/q-1;;;. The first kappa shape index (κ1) is 17.4. The Hall–Kier alpha value is 1.02. The molecule has 2 heterocycles. The van der Waals surface area contributed by atoms with Crippen LogP contribution < -0.4 is 0 Å². The SMILES string of the molecule is C.[Ar].[CH2-]Cc1nccc2sccc12.[Ir]. The summed E-state index contributed by atoms with van der Waals surface area (Å²) in [6.07, 6.45) is 2.62. The van der Waals surface area contributed by atoms with Crippen molar-refractivity contribution in [3.05, 3.63) is 36.3 Å². The van der Waals surface area contributed by atoms with Crippen LogP contribution in [-0.4, -0.2) is 4.98 Å². The van der Waals surface area contributed by atoms with E-state index < -0.39 is 0 Å². The maximum absolute atomic E-state index is 4.24. The Labute approximate surface area is 133 Å². The fraction of sp³-hybridized carbons (Fsp3) is 0.200. The van der Waals surface area contributed by atoms with Gasteiger partial charge in [-0.3, -0.25) is 4.98 Å². The number of hydrogen-bond donors (Lipinski definition) is 0. The Balaban J connectivity index is 0. The van der Waals surface area contributed by atoms with E-state index in [2.05, 4.69) is 23.4 Å². The van der Waals surface area contributed by atoms with Crippen LogP contribution in [0.25, 0.3) is 10.1 Å². The average molecular weight is 410 g/mol. The fourth-order valence-electron chi connectivity index (χ4n) is 1.15. The summed E-state index contributed by atoms with van der Waals surface area (Å²) in [5.74, 6) is 0. The van der Waals surface area contributed by atoms with Crippen molar-refractivity contribution in [3.8, 4) is 0 Å². The van der Waals surface area contributed by atoms with Crippen molar-refractivity contribution in [2.24, 2.45) is 0 Å². The zero-order chi connectivity index (χ0) is 7.68. The zero-order valence-electron chi connectivity index (χ0n) is 6.77. The number of aromatic nitrogens is 1. The molecule has 0 aliphatic heterocycles. The summed E-state index contributed by atoms with van der Waals surface area (Å²) in [7, 11) is 0. The van der Waals surface area contributed by atoms with E-state index in [-0.39, 0.29) is 65.3 Å². The van der Waals surface area contributed by atoms with Gasteiger partial charge in [0.1, 0.15) is 0 Å². The Morgan fingerprint density at radius 1 is 1.36 bits per heavy atom. The van der Waals surface area contributed by atoms with E-state index in [4.69, 9.17) is 0 Å². The van der Waals surface area contributed by atoms with Gasteiger partial charge in [0, 0.05) is 79.8 Å². The Morgan fingerprint density at radius 2 is 2.07 bits per heavy atom. The molecule has 1 nitrogen and oxygen atoms in total. The molecule has 0 bridgehead atoms. The molecule has 0 aliphatic carbocycles. The van der Waals surface area contributed by atoms with Gasteiger partial charge in [-0.2, -0.15) is 0 Å². The van der Waals surface area contributed by atoms with Crippen LogP contribution in [0.2, 0.25) is 0 Å². The van der Waals surface area contributed by atoms with Crippen molar-refractivity contribution in [1.82, 2.24) is 4.98 Å². The minimum Gasteiger partial charge on any atom is -0.338 e. The molecule has 0 saturated carbocycles. The van der Waals surface area contributed by atoms with Gasteiger partial charge in [-0.1, -0.05) is 7.43 Å². The van der Waals surface area contributed by atoms with Gasteiger partial charge >= 0.3 is 0 Å². The van der Waals surface area contributed by atoms with Crippen LogP contribution in [0.1, 0.15) is 13.1 Å². The normalized spacial score (nSPS) is 8.36. The van der Waals surface area contributed by atoms with Gasteiger partial charge < -0.3 is 6.92 Å². The average Bonchev–Trinajstić information content (AvgIpc) is 2.50. The number of rotatable bonds is 1. The van der Waals surface area contributed by atoms with E-state index in [1.807, 2.05) is 12.3 Å². The van der Waals surface area contributed by atoms with Crippen molar-refractivity contribution < 1.29 is 57.8 Å².